The van der Waals surface area contributed by atoms with Crippen LogP contribution in [-0.2, 0) is 0 Å². The van der Waals surface area contributed by atoms with Gasteiger partial charge in [-0.25, -0.2) is 4.98 Å². The van der Waals surface area contributed by atoms with Gasteiger partial charge >= 0.3 is 6.61 Å². The van der Waals surface area contributed by atoms with E-state index in [1.54, 1.807) is 6.07 Å². The second-order valence-electron chi connectivity index (χ2n) is 2.03. The van der Waals surface area contributed by atoms with Crippen molar-refractivity contribution in [3.05, 3.63) is 18.0 Å². The number of halogens is 2. The van der Waals surface area contributed by atoms with Gasteiger partial charge in [-0.05, 0) is 0 Å². The molecule has 0 atom stereocenters. The summed E-state index contributed by atoms with van der Waals surface area (Å²) in [5.74, 6) is -0.985. The molecule has 0 bridgehead atoms. The molecule has 0 aliphatic rings. The number of pyridine rings is 1. The largest absolute Gasteiger partial charge is 0.503 e. The van der Waals surface area contributed by atoms with Gasteiger partial charge in [0.25, 0.3) is 0 Å². The maximum absolute atomic E-state index is 11.7. The number of hydrogen-bond acceptors (Lipinski definition) is 4. The molecule has 0 aliphatic heterocycles. The van der Waals surface area contributed by atoms with Crippen LogP contribution in [0.1, 0.15) is 5.69 Å². The standard InChI is InChI=1S/C7H4F2N2O2/c8-7(9)13-6-1-4(2-10)11-3-5(6)12/h1,3,7,12H. The summed E-state index contributed by atoms with van der Waals surface area (Å²) in [6, 6.07) is 2.55. The van der Waals surface area contributed by atoms with E-state index in [2.05, 4.69) is 9.72 Å². The summed E-state index contributed by atoms with van der Waals surface area (Å²) in [6.45, 7) is -3.04. The van der Waals surface area contributed by atoms with Crippen LogP contribution in [-0.4, -0.2) is 16.7 Å². The van der Waals surface area contributed by atoms with Crippen molar-refractivity contribution in [3.63, 3.8) is 0 Å². The first kappa shape index (κ1) is 9.19. The van der Waals surface area contributed by atoms with Crippen molar-refractivity contribution >= 4 is 0 Å². The SMILES string of the molecule is N#Cc1cc(OC(F)F)c(O)cn1. The average Bonchev–Trinajstić information content (AvgIpc) is 2.08. The molecule has 6 heteroatoms. The lowest BCUT2D eigenvalue weighted by Gasteiger charge is -2.05. The first-order valence-corrected chi connectivity index (χ1v) is 3.17. The first-order chi connectivity index (χ1) is 6.13. The van der Waals surface area contributed by atoms with Crippen molar-refractivity contribution in [1.82, 2.24) is 4.98 Å². The molecule has 0 amide bonds. The van der Waals surface area contributed by atoms with Crippen molar-refractivity contribution in [1.29, 1.82) is 5.26 Å². The van der Waals surface area contributed by atoms with Gasteiger partial charge in [-0.2, -0.15) is 14.0 Å². The fourth-order valence-corrected chi connectivity index (χ4v) is 0.681. The number of aromatic hydroxyl groups is 1. The van der Waals surface area contributed by atoms with E-state index in [0.717, 1.165) is 12.3 Å². The first-order valence-electron chi connectivity index (χ1n) is 3.17. The van der Waals surface area contributed by atoms with E-state index < -0.39 is 18.1 Å². The maximum Gasteiger partial charge on any atom is 0.387 e. The molecule has 0 fully saturated rings. The average molecular weight is 186 g/mol. The van der Waals surface area contributed by atoms with E-state index in [1.165, 1.54) is 0 Å². The molecule has 68 valence electrons. The Morgan fingerprint density at radius 3 is 2.85 bits per heavy atom. The molecule has 1 N–H and O–H groups in total. The fraction of sp³-hybridized carbons (Fsp3) is 0.143. The van der Waals surface area contributed by atoms with Gasteiger partial charge in [-0.15, -0.1) is 0 Å². The Morgan fingerprint density at radius 1 is 1.62 bits per heavy atom. The molecule has 1 aromatic heterocycles. The van der Waals surface area contributed by atoms with Crippen molar-refractivity contribution < 1.29 is 18.6 Å². The topological polar surface area (TPSA) is 66.1 Å². The minimum atomic E-state index is -3.04. The lowest BCUT2D eigenvalue weighted by atomic mass is 10.3. The lowest BCUT2D eigenvalue weighted by Crippen LogP contribution is -2.02. The number of nitrogens with zero attached hydrogens (tertiary/aromatic N) is 2. The molecule has 1 aromatic rings. The quantitative estimate of drug-likeness (QED) is 0.754. The van der Waals surface area contributed by atoms with E-state index in [0.29, 0.717) is 0 Å². The molecule has 1 rings (SSSR count). The van der Waals surface area contributed by atoms with Crippen LogP contribution in [0.4, 0.5) is 8.78 Å². The van der Waals surface area contributed by atoms with Crippen molar-refractivity contribution in [2.45, 2.75) is 6.61 Å². The Bertz CT molecular complexity index is 349. The molecule has 0 radical (unpaired) electrons. The van der Waals surface area contributed by atoms with Gasteiger partial charge in [0.15, 0.2) is 11.5 Å². The molecule has 0 saturated heterocycles. The minimum Gasteiger partial charge on any atom is -0.503 e. The highest BCUT2D eigenvalue weighted by molar-refractivity contribution is 5.40. The van der Waals surface area contributed by atoms with Crippen molar-refractivity contribution in [2.24, 2.45) is 0 Å². The molecule has 0 spiro atoms. The number of alkyl halides is 2. The monoisotopic (exact) mass is 186 g/mol. The van der Waals surface area contributed by atoms with Gasteiger partial charge in [0.2, 0.25) is 0 Å². The second-order valence-corrected chi connectivity index (χ2v) is 2.03. The van der Waals surface area contributed by atoms with Crippen LogP contribution >= 0.6 is 0 Å². The Hall–Kier alpha value is -1.90. The van der Waals surface area contributed by atoms with E-state index in [1.807, 2.05) is 0 Å². The molecule has 0 aliphatic carbocycles. The highest BCUT2D eigenvalue weighted by Gasteiger charge is 2.10. The maximum atomic E-state index is 11.7. The van der Waals surface area contributed by atoms with E-state index in [9.17, 15) is 8.78 Å². The van der Waals surface area contributed by atoms with Crippen LogP contribution in [0, 0.1) is 11.3 Å². The normalized spacial score (nSPS) is 9.69. The van der Waals surface area contributed by atoms with Crippen LogP contribution in [0.15, 0.2) is 12.3 Å². The number of aromatic nitrogens is 1. The Morgan fingerprint density at radius 2 is 2.31 bits per heavy atom. The van der Waals surface area contributed by atoms with E-state index >= 15 is 0 Å². The highest BCUT2D eigenvalue weighted by Crippen LogP contribution is 2.26. The highest BCUT2D eigenvalue weighted by atomic mass is 19.3. The molecule has 0 unspecified atom stereocenters. The zero-order valence-electron chi connectivity index (χ0n) is 6.24. The predicted molar refractivity (Wildman–Crippen MR) is 37.2 cm³/mol. The zero-order chi connectivity index (χ0) is 9.84. The van der Waals surface area contributed by atoms with E-state index in [4.69, 9.17) is 10.4 Å². The molecule has 4 nitrogen and oxygen atoms in total. The number of nitriles is 1. The van der Waals surface area contributed by atoms with Crippen molar-refractivity contribution in [2.75, 3.05) is 0 Å². The van der Waals surface area contributed by atoms with Crippen LogP contribution in [0.3, 0.4) is 0 Å². The second kappa shape index (κ2) is 3.67. The third kappa shape index (κ3) is 2.27. The Kier molecular flexibility index (Phi) is 2.59. The Labute approximate surface area is 72.0 Å². The summed E-state index contributed by atoms with van der Waals surface area (Å²) >= 11 is 0. The fourth-order valence-electron chi connectivity index (χ4n) is 0.681. The summed E-state index contributed by atoms with van der Waals surface area (Å²) in [6.07, 6.45) is 0.871. The summed E-state index contributed by atoms with van der Waals surface area (Å²) in [7, 11) is 0. The smallest absolute Gasteiger partial charge is 0.387 e. The summed E-state index contributed by atoms with van der Waals surface area (Å²) in [5.41, 5.74) is -0.103. The van der Waals surface area contributed by atoms with Gasteiger partial charge in [0.05, 0.1) is 6.20 Å². The van der Waals surface area contributed by atoms with Crippen LogP contribution < -0.4 is 4.74 Å². The van der Waals surface area contributed by atoms with Gasteiger partial charge in [-0.3, -0.25) is 0 Å². The predicted octanol–water partition coefficient (Wildman–Crippen LogP) is 1.26. The number of hydrogen-bond donors (Lipinski definition) is 1. The lowest BCUT2D eigenvalue weighted by molar-refractivity contribution is -0.0513. The molecule has 0 aromatic carbocycles. The van der Waals surface area contributed by atoms with Crippen LogP contribution in [0.2, 0.25) is 0 Å². The molecule has 1 heterocycles. The third-order valence-corrected chi connectivity index (χ3v) is 1.18. The van der Waals surface area contributed by atoms with Gasteiger partial charge < -0.3 is 9.84 Å². The van der Waals surface area contributed by atoms with Gasteiger partial charge in [0, 0.05) is 6.07 Å². The van der Waals surface area contributed by atoms with Gasteiger partial charge in [-0.1, -0.05) is 0 Å². The molecular weight excluding hydrogens is 182 g/mol. The molecule has 13 heavy (non-hydrogen) atoms. The summed E-state index contributed by atoms with van der Waals surface area (Å²) in [5, 5.41) is 17.3. The summed E-state index contributed by atoms with van der Waals surface area (Å²) < 4.78 is 27.3. The zero-order valence-corrected chi connectivity index (χ0v) is 6.24. The number of rotatable bonds is 2. The number of ether oxygens (including phenoxy) is 1. The van der Waals surface area contributed by atoms with E-state index in [-0.39, 0.29) is 5.69 Å². The third-order valence-electron chi connectivity index (χ3n) is 1.18. The van der Waals surface area contributed by atoms with Crippen LogP contribution in [0.25, 0.3) is 0 Å². The Balaban J connectivity index is 2.99. The summed E-state index contributed by atoms with van der Waals surface area (Å²) in [4.78, 5) is 3.43. The van der Waals surface area contributed by atoms with Crippen molar-refractivity contribution in [3.8, 4) is 17.6 Å². The van der Waals surface area contributed by atoms with Gasteiger partial charge in [0.1, 0.15) is 11.8 Å². The molecule has 0 saturated carbocycles. The molecular formula is C7H4F2N2O2. The van der Waals surface area contributed by atoms with Crippen LogP contribution in [0.5, 0.6) is 11.5 Å². The minimum absolute atomic E-state index is 0.103.